The topological polar surface area (TPSA) is 101 Å². The van der Waals surface area contributed by atoms with E-state index in [1.807, 2.05) is 30.3 Å². The Bertz CT molecular complexity index is 729. The molecule has 3 rings (SSSR count). The summed E-state index contributed by atoms with van der Waals surface area (Å²) in [6, 6.07) is 9.74. The molecule has 9 heteroatoms. The molecule has 1 fully saturated rings. The lowest BCUT2D eigenvalue weighted by Crippen LogP contribution is -2.42. The molecule has 1 aliphatic rings. The standard InChI is InChI=1S/C16H19N5O2S2/c17-14(23)11-6-8-21(9-7-11)13(22)10-24-16-20-19-15(25-16)18-12-4-2-1-3-5-12/h1-5,11H,6-10H2,(H2,17,23)(H,18,19). The summed E-state index contributed by atoms with van der Waals surface area (Å²) in [5.41, 5.74) is 6.26. The van der Waals surface area contributed by atoms with Gasteiger partial charge in [-0.3, -0.25) is 9.59 Å². The number of hydrogen-bond donors (Lipinski definition) is 2. The van der Waals surface area contributed by atoms with Gasteiger partial charge in [0.15, 0.2) is 4.34 Å². The van der Waals surface area contributed by atoms with Crippen molar-refractivity contribution in [3.63, 3.8) is 0 Å². The molecule has 0 aliphatic carbocycles. The number of hydrogen-bond acceptors (Lipinski definition) is 7. The molecule has 0 unspecified atom stereocenters. The Hall–Kier alpha value is -2.13. The highest BCUT2D eigenvalue weighted by molar-refractivity contribution is 8.01. The second-order valence-corrected chi connectivity index (χ2v) is 7.91. The molecular formula is C16H19N5O2S2. The Labute approximate surface area is 154 Å². The van der Waals surface area contributed by atoms with Crippen LogP contribution in [-0.2, 0) is 9.59 Å². The highest BCUT2D eigenvalue weighted by atomic mass is 32.2. The van der Waals surface area contributed by atoms with E-state index < -0.39 is 0 Å². The number of nitrogens with two attached hydrogens (primary N) is 1. The number of para-hydroxylation sites is 1. The fraction of sp³-hybridized carbons (Fsp3) is 0.375. The van der Waals surface area contributed by atoms with Gasteiger partial charge in [0.25, 0.3) is 0 Å². The van der Waals surface area contributed by atoms with Gasteiger partial charge in [0.2, 0.25) is 16.9 Å². The first-order chi connectivity index (χ1) is 12.1. The first-order valence-electron chi connectivity index (χ1n) is 7.97. The zero-order chi connectivity index (χ0) is 17.6. The van der Waals surface area contributed by atoms with Gasteiger partial charge in [-0.1, -0.05) is 41.3 Å². The second kappa shape index (κ2) is 8.30. The van der Waals surface area contributed by atoms with E-state index in [0.717, 1.165) is 10.0 Å². The maximum absolute atomic E-state index is 12.3. The first-order valence-corrected chi connectivity index (χ1v) is 9.77. The predicted octanol–water partition coefficient (Wildman–Crippen LogP) is 2.10. The number of carbonyl (C=O) groups excluding carboxylic acids is 2. The SMILES string of the molecule is NC(=O)C1CCN(C(=O)CSc2nnc(Nc3ccccc3)s2)CC1. The fourth-order valence-corrected chi connectivity index (χ4v) is 4.27. The molecule has 2 heterocycles. The van der Waals surface area contributed by atoms with Crippen molar-refractivity contribution in [2.75, 3.05) is 24.2 Å². The van der Waals surface area contributed by atoms with E-state index in [-0.39, 0.29) is 17.7 Å². The van der Waals surface area contributed by atoms with E-state index in [1.165, 1.54) is 23.1 Å². The number of primary amides is 1. The second-order valence-electron chi connectivity index (χ2n) is 5.71. The van der Waals surface area contributed by atoms with Crippen LogP contribution in [0.1, 0.15) is 12.8 Å². The number of carbonyl (C=O) groups is 2. The van der Waals surface area contributed by atoms with Crippen molar-refractivity contribution in [1.29, 1.82) is 0 Å². The number of nitrogens with one attached hydrogen (secondary N) is 1. The maximum Gasteiger partial charge on any atom is 0.233 e. The van der Waals surface area contributed by atoms with Crippen LogP contribution in [0, 0.1) is 5.92 Å². The van der Waals surface area contributed by atoms with Crippen LogP contribution in [0.4, 0.5) is 10.8 Å². The highest BCUT2D eigenvalue weighted by Gasteiger charge is 2.25. The third-order valence-corrected chi connectivity index (χ3v) is 5.96. The van der Waals surface area contributed by atoms with Crippen molar-refractivity contribution >= 4 is 45.7 Å². The summed E-state index contributed by atoms with van der Waals surface area (Å²) in [6.07, 6.45) is 1.30. The van der Waals surface area contributed by atoms with E-state index in [1.54, 1.807) is 4.90 Å². The molecule has 25 heavy (non-hydrogen) atoms. The van der Waals surface area contributed by atoms with Gasteiger partial charge in [0.1, 0.15) is 0 Å². The zero-order valence-corrected chi connectivity index (χ0v) is 15.2. The minimum atomic E-state index is -0.270. The van der Waals surface area contributed by atoms with Crippen LogP contribution < -0.4 is 11.1 Å². The number of benzene rings is 1. The highest BCUT2D eigenvalue weighted by Crippen LogP contribution is 2.28. The lowest BCUT2D eigenvalue weighted by atomic mass is 9.96. The van der Waals surface area contributed by atoms with E-state index >= 15 is 0 Å². The summed E-state index contributed by atoms with van der Waals surface area (Å²) < 4.78 is 0.749. The number of nitrogens with zero attached hydrogens (tertiary/aromatic N) is 3. The van der Waals surface area contributed by atoms with Gasteiger partial charge in [0, 0.05) is 24.7 Å². The Morgan fingerprint density at radius 3 is 2.64 bits per heavy atom. The van der Waals surface area contributed by atoms with E-state index in [0.29, 0.717) is 36.8 Å². The molecule has 0 radical (unpaired) electrons. The monoisotopic (exact) mass is 377 g/mol. The fourth-order valence-electron chi connectivity index (χ4n) is 2.59. The van der Waals surface area contributed by atoms with Gasteiger partial charge in [-0.2, -0.15) is 0 Å². The third-order valence-electron chi connectivity index (χ3n) is 4.00. The van der Waals surface area contributed by atoms with Crippen LogP contribution in [-0.4, -0.2) is 45.8 Å². The summed E-state index contributed by atoms with van der Waals surface area (Å²) in [7, 11) is 0. The lowest BCUT2D eigenvalue weighted by Gasteiger charge is -2.30. The van der Waals surface area contributed by atoms with Crippen LogP contribution in [0.25, 0.3) is 0 Å². The Kier molecular flexibility index (Phi) is 5.87. The number of anilines is 2. The van der Waals surface area contributed by atoms with Crippen molar-refractivity contribution < 1.29 is 9.59 Å². The molecule has 7 nitrogen and oxygen atoms in total. The average molecular weight is 377 g/mol. The average Bonchev–Trinajstić information content (AvgIpc) is 3.08. The van der Waals surface area contributed by atoms with Crippen molar-refractivity contribution in [3.05, 3.63) is 30.3 Å². The van der Waals surface area contributed by atoms with Crippen molar-refractivity contribution in [1.82, 2.24) is 15.1 Å². The summed E-state index contributed by atoms with van der Waals surface area (Å²) in [5.74, 6) is 0.00208. The van der Waals surface area contributed by atoms with Gasteiger partial charge < -0.3 is 16.0 Å². The first kappa shape index (κ1) is 17.7. The number of piperidine rings is 1. The predicted molar refractivity (Wildman–Crippen MR) is 98.9 cm³/mol. The Morgan fingerprint density at radius 1 is 1.24 bits per heavy atom. The molecule has 3 N–H and O–H groups in total. The normalized spacial score (nSPS) is 15.1. The van der Waals surface area contributed by atoms with Gasteiger partial charge in [-0.05, 0) is 25.0 Å². The molecule has 1 saturated heterocycles. The number of rotatable bonds is 6. The minimum absolute atomic E-state index is 0.0562. The molecule has 2 amide bonds. The van der Waals surface area contributed by atoms with Crippen molar-refractivity contribution in [3.8, 4) is 0 Å². The molecule has 0 atom stereocenters. The van der Waals surface area contributed by atoms with Crippen LogP contribution in [0.15, 0.2) is 34.7 Å². The summed E-state index contributed by atoms with van der Waals surface area (Å²) in [5, 5.41) is 12.1. The number of amides is 2. The Morgan fingerprint density at radius 2 is 1.96 bits per heavy atom. The summed E-state index contributed by atoms with van der Waals surface area (Å²) in [4.78, 5) is 25.2. The number of aromatic nitrogens is 2. The quantitative estimate of drug-likeness (QED) is 0.748. The van der Waals surface area contributed by atoms with Crippen LogP contribution in [0.5, 0.6) is 0 Å². The van der Waals surface area contributed by atoms with Gasteiger partial charge in [-0.15, -0.1) is 10.2 Å². The smallest absolute Gasteiger partial charge is 0.233 e. The van der Waals surface area contributed by atoms with Crippen LogP contribution in [0.3, 0.4) is 0 Å². The largest absolute Gasteiger partial charge is 0.369 e. The van der Waals surface area contributed by atoms with E-state index in [2.05, 4.69) is 15.5 Å². The molecule has 132 valence electrons. The van der Waals surface area contributed by atoms with E-state index in [9.17, 15) is 9.59 Å². The molecule has 2 aromatic rings. The Balaban J connectivity index is 1.46. The molecule has 0 saturated carbocycles. The molecule has 0 bridgehead atoms. The van der Waals surface area contributed by atoms with Crippen LogP contribution >= 0.6 is 23.1 Å². The molecule has 0 spiro atoms. The number of thioether (sulfide) groups is 1. The zero-order valence-electron chi connectivity index (χ0n) is 13.6. The van der Waals surface area contributed by atoms with E-state index in [4.69, 9.17) is 5.73 Å². The molecule has 1 aromatic carbocycles. The lowest BCUT2D eigenvalue weighted by molar-refractivity contribution is -0.132. The minimum Gasteiger partial charge on any atom is -0.369 e. The molecule has 1 aromatic heterocycles. The summed E-state index contributed by atoms with van der Waals surface area (Å²) in [6.45, 7) is 1.17. The van der Waals surface area contributed by atoms with Crippen molar-refractivity contribution in [2.45, 2.75) is 17.2 Å². The maximum atomic E-state index is 12.3. The van der Waals surface area contributed by atoms with Crippen LogP contribution in [0.2, 0.25) is 0 Å². The van der Waals surface area contributed by atoms with Gasteiger partial charge >= 0.3 is 0 Å². The van der Waals surface area contributed by atoms with Crippen molar-refractivity contribution in [2.24, 2.45) is 11.7 Å². The van der Waals surface area contributed by atoms with Gasteiger partial charge in [-0.25, -0.2) is 0 Å². The third kappa shape index (κ3) is 4.93. The molecular weight excluding hydrogens is 358 g/mol. The van der Waals surface area contributed by atoms with Gasteiger partial charge in [0.05, 0.1) is 5.75 Å². The molecule has 1 aliphatic heterocycles. The number of likely N-dealkylation sites (tertiary alicyclic amines) is 1. The summed E-state index contributed by atoms with van der Waals surface area (Å²) >= 11 is 2.80.